The van der Waals surface area contributed by atoms with Crippen molar-refractivity contribution in [1.29, 1.82) is 0 Å². The van der Waals surface area contributed by atoms with Gasteiger partial charge in [-0.2, -0.15) is 0 Å². The van der Waals surface area contributed by atoms with E-state index in [1.165, 1.54) is 10.8 Å². The summed E-state index contributed by atoms with van der Waals surface area (Å²) in [6.45, 7) is 0. The van der Waals surface area contributed by atoms with E-state index in [0.717, 1.165) is 77.6 Å². The van der Waals surface area contributed by atoms with Gasteiger partial charge in [0.1, 0.15) is 27.8 Å². The van der Waals surface area contributed by atoms with Crippen LogP contribution in [0.5, 0.6) is 0 Å². The highest BCUT2D eigenvalue weighted by Crippen LogP contribution is 2.43. The molecule has 5 nitrogen and oxygen atoms in total. The van der Waals surface area contributed by atoms with Crippen molar-refractivity contribution in [2.75, 3.05) is 4.90 Å². The summed E-state index contributed by atoms with van der Waals surface area (Å²) < 4.78 is 18.8. The maximum Gasteiger partial charge on any atom is 0.228 e. The molecular formula is C41H24N2O3. The number of hydrogen-bond donors (Lipinski definition) is 0. The number of oxazole rings is 1. The fraction of sp³-hybridized carbons (Fsp3) is 0. The summed E-state index contributed by atoms with van der Waals surface area (Å²) in [5.74, 6) is 0.573. The number of anilines is 3. The topological polar surface area (TPSA) is 55.6 Å². The minimum atomic E-state index is 0.573. The lowest BCUT2D eigenvalue weighted by molar-refractivity contribution is 0.620. The van der Waals surface area contributed by atoms with Crippen LogP contribution in [-0.2, 0) is 0 Å². The van der Waals surface area contributed by atoms with Crippen LogP contribution in [0.15, 0.2) is 159 Å². The van der Waals surface area contributed by atoms with Crippen LogP contribution in [0.2, 0.25) is 0 Å². The molecule has 0 unspecified atom stereocenters. The number of fused-ring (bicyclic) bond motifs is 8. The van der Waals surface area contributed by atoms with Crippen molar-refractivity contribution in [3.05, 3.63) is 146 Å². The van der Waals surface area contributed by atoms with Crippen LogP contribution in [0.25, 0.3) is 77.2 Å². The number of rotatable bonds is 4. The minimum absolute atomic E-state index is 0.573. The molecular weight excluding hydrogens is 568 g/mol. The number of nitrogens with zero attached hydrogens (tertiary/aromatic N) is 2. The van der Waals surface area contributed by atoms with E-state index in [9.17, 15) is 0 Å². The maximum absolute atomic E-state index is 6.39. The second-order valence-corrected chi connectivity index (χ2v) is 11.6. The molecule has 10 aromatic rings. The Kier molecular flexibility index (Phi) is 5.22. The minimum Gasteiger partial charge on any atom is -0.456 e. The lowest BCUT2D eigenvalue weighted by atomic mass is 10.0. The smallest absolute Gasteiger partial charge is 0.228 e. The first kappa shape index (κ1) is 25.0. The zero-order valence-electron chi connectivity index (χ0n) is 24.5. The van der Waals surface area contributed by atoms with Gasteiger partial charge in [-0.3, -0.25) is 0 Å². The molecule has 0 aliphatic rings. The maximum atomic E-state index is 6.39. The summed E-state index contributed by atoms with van der Waals surface area (Å²) in [5.41, 5.74) is 8.90. The van der Waals surface area contributed by atoms with Crippen LogP contribution in [-0.4, -0.2) is 4.98 Å². The van der Waals surface area contributed by atoms with Crippen molar-refractivity contribution >= 4 is 82.8 Å². The lowest BCUT2D eigenvalue weighted by Gasteiger charge is -2.26. The van der Waals surface area contributed by atoms with E-state index in [1.54, 1.807) is 0 Å². The third-order valence-electron chi connectivity index (χ3n) is 8.87. The van der Waals surface area contributed by atoms with E-state index in [4.69, 9.17) is 18.2 Å². The summed E-state index contributed by atoms with van der Waals surface area (Å²) in [5, 5.41) is 6.50. The van der Waals surface area contributed by atoms with Crippen molar-refractivity contribution in [3.8, 4) is 11.5 Å². The van der Waals surface area contributed by atoms with Crippen LogP contribution >= 0.6 is 0 Å². The van der Waals surface area contributed by atoms with E-state index in [2.05, 4.69) is 95.9 Å². The van der Waals surface area contributed by atoms with Gasteiger partial charge < -0.3 is 18.2 Å². The van der Waals surface area contributed by atoms with Crippen molar-refractivity contribution in [3.63, 3.8) is 0 Å². The summed E-state index contributed by atoms with van der Waals surface area (Å²) in [7, 11) is 0. The average Bonchev–Trinajstić information content (AvgIpc) is 3.81. The van der Waals surface area contributed by atoms with E-state index in [-0.39, 0.29) is 0 Å². The molecule has 0 amide bonds. The second-order valence-electron chi connectivity index (χ2n) is 11.6. The van der Waals surface area contributed by atoms with Crippen molar-refractivity contribution in [2.45, 2.75) is 0 Å². The number of aromatic nitrogens is 1. The van der Waals surface area contributed by atoms with Crippen LogP contribution in [0, 0.1) is 0 Å². The number of hydrogen-bond acceptors (Lipinski definition) is 5. The van der Waals surface area contributed by atoms with E-state index in [1.807, 2.05) is 54.6 Å². The zero-order chi connectivity index (χ0) is 30.2. The molecule has 216 valence electrons. The number of para-hydroxylation sites is 3. The lowest BCUT2D eigenvalue weighted by Crippen LogP contribution is -2.09. The summed E-state index contributed by atoms with van der Waals surface area (Å²) in [6.07, 6.45) is 0. The van der Waals surface area contributed by atoms with Gasteiger partial charge in [0, 0.05) is 44.2 Å². The van der Waals surface area contributed by atoms with E-state index < -0.39 is 0 Å². The van der Waals surface area contributed by atoms with Gasteiger partial charge in [0.05, 0.1) is 0 Å². The third-order valence-corrected chi connectivity index (χ3v) is 8.87. The van der Waals surface area contributed by atoms with Crippen molar-refractivity contribution in [2.24, 2.45) is 0 Å². The van der Waals surface area contributed by atoms with Crippen molar-refractivity contribution in [1.82, 2.24) is 4.98 Å². The Morgan fingerprint density at radius 3 is 1.91 bits per heavy atom. The summed E-state index contributed by atoms with van der Waals surface area (Å²) >= 11 is 0. The zero-order valence-corrected chi connectivity index (χ0v) is 24.5. The molecule has 0 bridgehead atoms. The second kappa shape index (κ2) is 9.58. The first-order valence-corrected chi connectivity index (χ1v) is 15.3. The Hall–Kier alpha value is -6.33. The van der Waals surface area contributed by atoms with Gasteiger partial charge in [0.25, 0.3) is 0 Å². The Labute approximate surface area is 262 Å². The Bertz CT molecular complexity index is 2750. The average molecular weight is 593 g/mol. The molecule has 0 fully saturated rings. The fourth-order valence-electron chi connectivity index (χ4n) is 6.74. The van der Waals surface area contributed by atoms with Crippen LogP contribution in [0.1, 0.15) is 0 Å². The first-order valence-electron chi connectivity index (χ1n) is 15.3. The van der Waals surface area contributed by atoms with Crippen molar-refractivity contribution < 1.29 is 13.3 Å². The highest BCUT2D eigenvalue weighted by molar-refractivity contribution is 6.13. The van der Waals surface area contributed by atoms with Gasteiger partial charge in [0.15, 0.2) is 5.58 Å². The Morgan fingerprint density at radius 1 is 0.413 bits per heavy atom. The monoisotopic (exact) mass is 592 g/mol. The van der Waals surface area contributed by atoms with Gasteiger partial charge in [-0.15, -0.1) is 0 Å². The Morgan fingerprint density at radius 2 is 1.04 bits per heavy atom. The molecule has 0 atom stereocenters. The number of furan rings is 2. The molecule has 0 radical (unpaired) electrons. The quantitative estimate of drug-likeness (QED) is 0.203. The molecule has 0 aliphatic carbocycles. The van der Waals surface area contributed by atoms with Gasteiger partial charge in [-0.1, -0.05) is 66.7 Å². The largest absolute Gasteiger partial charge is 0.456 e. The third kappa shape index (κ3) is 3.79. The fourth-order valence-corrected chi connectivity index (χ4v) is 6.74. The van der Waals surface area contributed by atoms with E-state index >= 15 is 0 Å². The molecule has 5 heteroatoms. The molecule has 0 N–H and O–H groups in total. The Balaban J connectivity index is 1.22. The molecule has 0 aliphatic heterocycles. The SMILES string of the molecule is c1ccc2cc(N(c3ccc4oc5ccccc5c4c3)c3ccc4oc5cccc(-c6nc7ccccc7o6)c5c4c3)ccc2c1. The number of benzene rings is 7. The molecule has 0 spiro atoms. The van der Waals surface area contributed by atoms with Gasteiger partial charge >= 0.3 is 0 Å². The molecule has 10 rings (SSSR count). The first-order chi connectivity index (χ1) is 22.8. The molecule has 7 aromatic carbocycles. The highest BCUT2D eigenvalue weighted by Gasteiger charge is 2.20. The predicted molar refractivity (Wildman–Crippen MR) is 186 cm³/mol. The molecule has 46 heavy (non-hydrogen) atoms. The van der Waals surface area contributed by atoms with Crippen LogP contribution < -0.4 is 4.90 Å². The molecule has 3 aromatic heterocycles. The van der Waals surface area contributed by atoms with Gasteiger partial charge in [0.2, 0.25) is 5.89 Å². The van der Waals surface area contributed by atoms with Gasteiger partial charge in [-0.05, 0) is 89.6 Å². The van der Waals surface area contributed by atoms with Crippen LogP contribution in [0.4, 0.5) is 17.1 Å². The van der Waals surface area contributed by atoms with E-state index in [0.29, 0.717) is 5.89 Å². The predicted octanol–water partition coefficient (Wildman–Crippen LogP) is 11.9. The molecule has 3 heterocycles. The van der Waals surface area contributed by atoms with Crippen LogP contribution in [0.3, 0.4) is 0 Å². The highest BCUT2D eigenvalue weighted by atomic mass is 16.4. The summed E-state index contributed by atoms with van der Waals surface area (Å²) in [6, 6.07) is 49.9. The van der Waals surface area contributed by atoms with Gasteiger partial charge in [-0.25, -0.2) is 4.98 Å². The molecule has 0 saturated carbocycles. The standard InChI is InChI=1S/C41H24N2O3/c1-2-9-26-22-27(17-16-25(26)8-1)43(28-18-20-36-32(23-28)30-10-3-5-13-35(30)44-36)29-19-21-37-33(24-29)40-31(11-7-15-39(40)45-37)41-42-34-12-4-6-14-38(34)46-41/h1-24H. The summed E-state index contributed by atoms with van der Waals surface area (Å²) in [4.78, 5) is 7.12. The molecule has 0 saturated heterocycles. The normalized spacial score (nSPS) is 11.9.